The van der Waals surface area contributed by atoms with E-state index in [0.717, 1.165) is 17.5 Å². The van der Waals surface area contributed by atoms with Crippen molar-refractivity contribution in [2.45, 2.75) is 39.2 Å². The summed E-state index contributed by atoms with van der Waals surface area (Å²) >= 11 is 0. The molecule has 0 aromatic heterocycles. The molecule has 0 bridgehead atoms. The van der Waals surface area contributed by atoms with Crippen molar-refractivity contribution in [2.75, 3.05) is 0 Å². The van der Waals surface area contributed by atoms with Crippen molar-refractivity contribution in [3.05, 3.63) is 34.9 Å². The summed E-state index contributed by atoms with van der Waals surface area (Å²) in [6.07, 6.45) is 1.92. The van der Waals surface area contributed by atoms with Crippen molar-refractivity contribution in [1.29, 1.82) is 0 Å². The maximum Gasteiger partial charge on any atom is 0.306 e. The van der Waals surface area contributed by atoms with E-state index in [1.807, 2.05) is 32.0 Å². The predicted octanol–water partition coefficient (Wildman–Crippen LogP) is 2.29. The lowest BCUT2D eigenvalue weighted by atomic mass is 10.0. The third kappa shape index (κ3) is 3.13. The van der Waals surface area contributed by atoms with Crippen molar-refractivity contribution in [3.63, 3.8) is 0 Å². The summed E-state index contributed by atoms with van der Waals surface area (Å²) in [6.45, 7) is 3.90. The van der Waals surface area contributed by atoms with Crippen LogP contribution in [-0.2, 0) is 4.79 Å². The minimum absolute atomic E-state index is 0.0192. The summed E-state index contributed by atoms with van der Waals surface area (Å²) in [6, 6.07) is 5.69. The van der Waals surface area contributed by atoms with Crippen LogP contribution in [0.2, 0.25) is 0 Å². The Labute approximate surface area is 112 Å². The van der Waals surface area contributed by atoms with Crippen LogP contribution in [0.5, 0.6) is 0 Å². The molecule has 0 spiro atoms. The smallest absolute Gasteiger partial charge is 0.306 e. The minimum Gasteiger partial charge on any atom is -0.481 e. The molecule has 1 aliphatic rings. The first kappa shape index (κ1) is 13.6. The van der Waals surface area contributed by atoms with Gasteiger partial charge in [0.05, 0.1) is 5.92 Å². The SMILES string of the molecule is Cc1ccc(C(=O)NC2CCC(C(=O)O)C2)c(C)c1. The molecule has 0 heterocycles. The molecule has 0 saturated heterocycles. The van der Waals surface area contributed by atoms with Gasteiger partial charge < -0.3 is 10.4 Å². The summed E-state index contributed by atoms with van der Waals surface area (Å²) < 4.78 is 0. The fourth-order valence-electron chi connectivity index (χ4n) is 2.67. The fourth-order valence-corrected chi connectivity index (χ4v) is 2.67. The van der Waals surface area contributed by atoms with E-state index >= 15 is 0 Å². The highest BCUT2D eigenvalue weighted by Gasteiger charge is 2.30. The Bertz CT molecular complexity index is 510. The molecule has 1 amide bonds. The lowest BCUT2D eigenvalue weighted by Crippen LogP contribution is -2.33. The number of amides is 1. The Morgan fingerprint density at radius 1 is 1.26 bits per heavy atom. The van der Waals surface area contributed by atoms with Crippen molar-refractivity contribution in [3.8, 4) is 0 Å². The Kier molecular flexibility index (Phi) is 3.88. The van der Waals surface area contributed by atoms with E-state index < -0.39 is 5.97 Å². The van der Waals surface area contributed by atoms with Gasteiger partial charge >= 0.3 is 5.97 Å². The zero-order valence-corrected chi connectivity index (χ0v) is 11.3. The third-order valence-electron chi connectivity index (χ3n) is 3.74. The standard InChI is InChI=1S/C15H19NO3/c1-9-3-6-13(10(2)7-9)14(17)16-12-5-4-11(8-12)15(18)19/h3,6-7,11-12H,4-5,8H2,1-2H3,(H,16,17)(H,18,19). The van der Waals surface area contributed by atoms with Crippen LogP contribution in [0.15, 0.2) is 18.2 Å². The van der Waals surface area contributed by atoms with Crippen LogP contribution in [0.25, 0.3) is 0 Å². The number of hydrogen-bond acceptors (Lipinski definition) is 2. The van der Waals surface area contributed by atoms with E-state index in [1.165, 1.54) is 0 Å². The molecule has 4 heteroatoms. The largest absolute Gasteiger partial charge is 0.481 e. The van der Waals surface area contributed by atoms with Gasteiger partial charge in [0.2, 0.25) is 0 Å². The lowest BCUT2D eigenvalue weighted by molar-refractivity contribution is -0.141. The molecule has 2 atom stereocenters. The fraction of sp³-hybridized carbons (Fsp3) is 0.467. The minimum atomic E-state index is -0.761. The average Bonchev–Trinajstić information content (AvgIpc) is 2.77. The van der Waals surface area contributed by atoms with Gasteiger partial charge in [-0.15, -0.1) is 0 Å². The molecule has 1 saturated carbocycles. The molecular formula is C15H19NO3. The molecule has 1 aromatic rings. The predicted molar refractivity (Wildman–Crippen MR) is 72.1 cm³/mol. The molecule has 2 N–H and O–H groups in total. The van der Waals surface area contributed by atoms with Gasteiger partial charge in [-0.2, -0.15) is 0 Å². The number of carbonyl (C=O) groups is 2. The van der Waals surface area contributed by atoms with Gasteiger partial charge in [0.15, 0.2) is 0 Å². The molecule has 2 rings (SSSR count). The van der Waals surface area contributed by atoms with Crippen LogP contribution in [0.3, 0.4) is 0 Å². The van der Waals surface area contributed by atoms with Crippen LogP contribution in [0, 0.1) is 19.8 Å². The second-order valence-electron chi connectivity index (χ2n) is 5.34. The van der Waals surface area contributed by atoms with Gasteiger partial charge in [-0.1, -0.05) is 17.7 Å². The topological polar surface area (TPSA) is 66.4 Å². The summed E-state index contributed by atoms with van der Waals surface area (Å²) in [5.74, 6) is -1.18. The number of carboxylic acid groups (broad SMARTS) is 1. The van der Waals surface area contributed by atoms with Crippen LogP contribution in [0.4, 0.5) is 0 Å². The summed E-state index contributed by atoms with van der Waals surface area (Å²) in [5.41, 5.74) is 2.75. The highest BCUT2D eigenvalue weighted by atomic mass is 16.4. The summed E-state index contributed by atoms with van der Waals surface area (Å²) in [4.78, 5) is 23.0. The zero-order chi connectivity index (χ0) is 14.0. The monoisotopic (exact) mass is 261 g/mol. The van der Waals surface area contributed by atoms with E-state index in [9.17, 15) is 9.59 Å². The van der Waals surface area contributed by atoms with E-state index in [0.29, 0.717) is 18.4 Å². The number of carboxylic acids is 1. The Morgan fingerprint density at radius 2 is 2.00 bits per heavy atom. The van der Waals surface area contributed by atoms with Crippen LogP contribution in [0.1, 0.15) is 40.7 Å². The van der Waals surface area contributed by atoms with Crippen molar-refractivity contribution in [1.82, 2.24) is 5.32 Å². The second-order valence-corrected chi connectivity index (χ2v) is 5.34. The first-order chi connectivity index (χ1) is 8.97. The lowest BCUT2D eigenvalue weighted by Gasteiger charge is -2.14. The van der Waals surface area contributed by atoms with Gasteiger partial charge in [-0.3, -0.25) is 9.59 Å². The van der Waals surface area contributed by atoms with Crippen molar-refractivity contribution in [2.24, 2.45) is 5.92 Å². The number of nitrogens with one attached hydrogen (secondary N) is 1. The summed E-state index contributed by atoms with van der Waals surface area (Å²) in [7, 11) is 0. The Hall–Kier alpha value is -1.84. The molecule has 2 unspecified atom stereocenters. The average molecular weight is 261 g/mol. The highest BCUT2D eigenvalue weighted by Crippen LogP contribution is 2.26. The number of carbonyl (C=O) groups excluding carboxylic acids is 1. The number of benzene rings is 1. The van der Waals surface area contributed by atoms with Gasteiger partial charge in [-0.25, -0.2) is 0 Å². The molecule has 0 radical (unpaired) electrons. The van der Waals surface area contributed by atoms with Gasteiger partial charge in [0, 0.05) is 11.6 Å². The van der Waals surface area contributed by atoms with Gasteiger partial charge in [0.1, 0.15) is 0 Å². The van der Waals surface area contributed by atoms with Crippen LogP contribution < -0.4 is 5.32 Å². The maximum absolute atomic E-state index is 12.2. The molecular weight excluding hydrogens is 242 g/mol. The number of rotatable bonds is 3. The zero-order valence-electron chi connectivity index (χ0n) is 11.3. The normalized spacial score (nSPS) is 22.2. The van der Waals surface area contributed by atoms with Crippen LogP contribution >= 0.6 is 0 Å². The Morgan fingerprint density at radius 3 is 2.58 bits per heavy atom. The van der Waals surface area contributed by atoms with Crippen LogP contribution in [-0.4, -0.2) is 23.0 Å². The molecule has 1 aliphatic carbocycles. The van der Waals surface area contributed by atoms with Crippen molar-refractivity contribution < 1.29 is 14.7 Å². The third-order valence-corrected chi connectivity index (χ3v) is 3.74. The second kappa shape index (κ2) is 5.43. The number of aryl methyl sites for hydroxylation is 2. The highest BCUT2D eigenvalue weighted by molar-refractivity contribution is 5.95. The van der Waals surface area contributed by atoms with Gasteiger partial charge in [-0.05, 0) is 44.7 Å². The number of hydrogen-bond donors (Lipinski definition) is 2. The molecule has 102 valence electrons. The molecule has 1 fully saturated rings. The van der Waals surface area contributed by atoms with Crippen molar-refractivity contribution >= 4 is 11.9 Å². The first-order valence-corrected chi connectivity index (χ1v) is 6.58. The molecule has 0 aliphatic heterocycles. The molecule has 19 heavy (non-hydrogen) atoms. The summed E-state index contributed by atoms with van der Waals surface area (Å²) in [5, 5.41) is 11.9. The molecule has 1 aromatic carbocycles. The Balaban J connectivity index is 2.00. The van der Waals surface area contributed by atoms with Gasteiger partial charge in [0.25, 0.3) is 5.91 Å². The van der Waals surface area contributed by atoms with E-state index in [2.05, 4.69) is 5.32 Å². The van der Waals surface area contributed by atoms with E-state index in [-0.39, 0.29) is 17.9 Å². The molecule has 4 nitrogen and oxygen atoms in total. The van der Waals surface area contributed by atoms with E-state index in [4.69, 9.17) is 5.11 Å². The van der Waals surface area contributed by atoms with E-state index in [1.54, 1.807) is 0 Å². The number of aliphatic carboxylic acids is 1. The first-order valence-electron chi connectivity index (χ1n) is 6.58. The maximum atomic E-state index is 12.2. The quantitative estimate of drug-likeness (QED) is 0.877.